The number of aryl methyl sites for hydroxylation is 2. The van der Waals surface area contributed by atoms with E-state index in [9.17, 15) is 0 Å². The van der Waals surface area contributed by atoms with Crippen LogP contribution in [0.25, 0.3) is 22.2 Å². The smallest absolute Gasteiger partial charge is 0.137 e. The Labute approximate surface area is 186 Å². The van der Waals surface area contributed by atoms with Crippen LogP contribution in [-0.4, -0.2) is 28.0 Å². The number of thiazole rings is 1. The zero-order valence-corrected chi connectivity index (χ0v) is 18.9. The van der Waals surface area contributed by atoms with E-state index in [1.807, 2.05) is 18.6 Å². The lowest BCUT2D eigenvalue weighted by molar-refractivity contribution is 0.627. The molecule has 5 nitrogen and oxygen atoms in total. The van der Waals surface area contributed by atoms with Gasteiger partial charge in [-0.05, 0) is 85.7 Å². The van der Waals surface area contributed by atoms with E-state index >= 15 is 0 Å². The van der Waals surface area contributed by atoms with E-state index in [4.69, 9.17) is 4.98 Å². The summed E-state index contributed by atoms with van der Waals surface area (Å²) in [6, 6.07) is 7.59. The van der Waals surface area contributed by atoms with Crippen molar-refractivity contribution in [1.29, 1.82) is 0 Å². The minimum Gasteiger partial charge on any atom is -0.357 e. The summed E-state index contributed by atoms with van der Waals surface area (Å²) in [4.78, 5) is 14.9. The molecule has 0 aliphatic carbocycles. The van der Waals surface area contributed by atoms with Crippen LogP contribution in [0.1, 0.15) is 46.1 Å². The summed E-state index contributed by atoms with van der Waals surface area (Å²) in [5, 5.41) is 7.36. The molecule has 0 saturated carbocycles. The van der Waals surface area contributed by atoms with Crippen molar-refractivity contribution in [3.63, 3.8) is 0 Å². The Morgan fingerprint density at radius 1 is 1.10 bits per heavy atom. The van der Waals surface area contributed by atoms with Crippen LogP contribution >= 0.6 is 11.3 Å². The molecule has 0 unspecified atom stereocenters. The van der Waals surface area contributed by atoms with Gasteiger partial charge in [0.1, 0.15) is 10.6 Å². The molecule has 158 valence electrons. The van der Waals surface area contributed by atoms with Gasteiger partial charge < -0.3 is 15.2 Å². The lowest BCUT2D eigenvalue weighted by atomic mass is 9.87. The number of nitrogens with one attached hydrogen (secondary N) is 2. The Hall–Kier alpha value is -2.70. The van der Waals surface area contributed by atoms with Crippen LogP contribution in [0.5, 0.6) is 0 Å². The molecule has 0 bridgehead atoms. The first-order chi connectivity index (χ1) is 15.2. The fourth-order valence-electron chi connectivity index (χ4n) is 5.14. The molecule has 3 aromatic heterocycles. The molecule has 0 radical (unpaired) electrons. The molecule has 6 rings (SSSR count). The van der Waals surface area contributed by atoms with Gasteiger partial charge in [-0.2, -0.15) is 0 Å². The third-order valence-electron chi connectivity index (χ3n) is 6.80. The number of benzene rings is 1. The number of hydrogen-bond acceptors (Lipinski definition) is 5. The minimum absolute atomic E-state index is 0.469. The van der Waals surface area contributed by atoms with Crippen molar-refractivity contribution in [2.24, 2.45) is 0 Å². The molecule has 5 heterocycles. The topological polar surface area (TPSA) is 56.8 Å². The van der Waals surface area contributed by atoms with Gasteiger partial charge in [0.25, 0.3) is 0 Å². The zero-order chi connectivity index (χ0) is 20.9. The van der Waals surface area contributed by atoms with Gasteiger partial charge in [-0.1, -0.05) is 0 Å². The maximum atomic E-state index is 4.69. The number of H-pyrrole nitrogens is 1. The SMILES string of the molecule is Cc1ncc(N2CCc3c(cc(-c4cnc5[nH]cc(C)c5c4)cc3[C@@H]3CCCN3)C2)s1. The van der Waals surface area contributed by atoms with Gasteiger partial charge in [0.05, 0.1) is 11.2 Å². The molecular weight excluding hydrogens is 402 g/mol. The molecule has 1 saturated heterocycles. The molecule has 31 heavy (non-hydrogen) atoms. The first-order valence-electron chi connectivity index (χ1n) is 11.2. The Balaban J connectivity index is 1.46. The summed E-state index contributed by atoms with van der Waals surface area (Å²) in [6.45, 7) is 7.35. The van der Waals surface area contributed by atoms with E-state index < -0.39 is 0 Å². The van der Waals surface area contributed by atoms with Crippen molar-refractivity contribution in [3.8, 4) is 11.1 Å². The van der Waals surface area contributed by atoms with Gasteiger partial charge in [0.15, 0.2) is 0 Å². The van der Waals surface area contributed by atoms with Crippen LogP contribution in [0.4, 0.5) is 5.00 Å². The average Bonchev–Trinajstić information content (AvgIpc) is 3.54. The highest BCUT2D eigenvalue weighted by Crippen LogP contribution is 2.37. The second-order valence-corrected chi connectivity index (χ2v) is 10.0. The maximum Gasteiger partial charge on any atom is 0.137 e. The predicted octanol–water partition coefficient (Wildman–Crippen LogP) is 5.29. The number of aromatic nitrogens is 3. The van der Waals surface area contributed by atoms with Crippen molar-refractivity contribution in [1.82, 2.24) is 20.3 Å². The minimum atomic E-state index is 0.469. The van der Waals surface area contributed by atoms with E-state index in [0.29, 0.717) is 6.04 Å². The Morgan fingerprint density at radius 2 is 2.03 bits per heavy atom. The number of hydrogen-bond donors (Lipinski definition) is 2. The predicted molar refractivity (Wildman–Crippen MR) is 128 cm³/mol. The molecule has 2 N–H and O–H groups in total. The quantitative estimate of drug-likeness (QED) is 0.465. The van der Waals surface area contributed by atoms with Crippen molar-refractivity contribution in [3.05, 3.63) is 64.1 Å². The fourth-order valence-corrected chi connectivity index (χ4v) is 5.94. The third-order valence-corrected chi connectivity index (χ3v) is 7.77. The Bertz CT molecular complexity index is 1260. The van der Waals surface area contributed by atoms with Crippen LogP contribution in [0.3, 0.4) is 0 Å². The van der Waals surface area contributed by atoms with E-state index in [1.54, 1.807) is 16.9 Å². The van der Waals surface area contributed by atoms with Crippen LogP contribution in [-0.2, 0) is 13.0 Å². The molecule has 4 aromatic rings. The summed E-state index contributed by atoms with van der Waals surface area (Å²) in [6.07, 6.45) is 9.65. The highest BCUT2D eigenvalue weighted by Gasteiger charge is 2.26. The summed E-state index contributed by atoms with van der Waals surface area (Å²) >= 11 is 1.79. The van der Waals surface area contributed by atoms with Crippen LogP contribution in [0.15, 0.2) is 36.8 Å². The maximum absolute atomic E-state index is 4.69. The lowest BCUT2D eigenvalue weighted by Crippen LogP contribution is -2.31. The number of aromatic amines is 1. The zero-order valence-electron chi connectivity index (χ0n) is 18.0. The number of rotatable bonds is 3. The number of fused-ring (bicyclic) bond motifs is 2. The molecule has 1 aromatic carbocycles. The second-order valence-electron chi connectivity index (χ2n) is 8.83. The van der Waals surface area contributed by atoms with Crippen LogP contribution in [0, 0.1) is 13.8 Å². The second kappa shape index (κ2) is 7.46. The van der Waals surface area contributed by atoms with Gasteiger partial charge in [0, 0.05) is 42.5 Å². The van der Waals surface area contributed by atoms with Gasteiger partial charge in [-0.25, -0.2) is 9.97 Å². The van der Waals surface area contributed by atoms with Gasteiger partial charge in [-0.3, -0.25) is 0 Å². The van der Waals surface area contributed by atoms with E-state index in [-0.39, 0.29) is 0 Å². The van der Waals surface area contributed by atoms with E-state index in [0.717, 1.165) is 36.7 Å². The molecule has 1 fully saturated rings. The average molecular weight is 430 g/mol. The number of nitrogens with zero attached hydrogens (tertiary/aromatic N) is 3. The fraction of sp³-hybridized carbons (Fsp3) is 0.360. The summed E-state index contributed by atoms with van der Waals surface area (Å²) in [5.74, 6) is 0. The van der Waals surface area contributed by atoms with Gasteiger partial charge in [-0.15, -0.1) is 11.3 Å². The van der Waals surface area contributed by atoms with E-state index in [2.05, 4.69) is 52.2 Å². The Kier molecular flexibility index (Phi) is 4.58. The normalized spacial score (nSPS) is 18.6. The molecule has 2 aliphatic rings. The Morgan fingerprint density at radius 3 is 2.84 bits per heavy atom. The lowest BCUT2D eigenvalue weighted by Gasteiger charge is -2.32. The van der Waals surface area contributed by atoms with Crippen molar-refractivity contribution in [2.75, 3.05) is 18.0 Å². The first kappa shape index (κ1) is 19.0. The third kappa shape index (κ3) is 3.34. The molecule has 0 amide bonds. The van der Waals surface area contributed by atoms with E-state index in [1.165, 1.54) is 51.0 Å². The standard InChI is InChI=1S/C25H27N5S/c1-15-11-28-25-21(15)10-18(12-29-25)17-8-19-14-30(24-13-27-16(2)31-24)7-5-20(19)22(9-17)23-4-3-6-26-23/h8-13,23,26H,3-7,14H2,1-2H3,(H,28,29)/t23-/m0/s1. The molecule has 1 atom stereocenters. The molecule has 0 spiro atoms. The van der Waals surface area contributed by atoms with Gasteiger partial charge >= 0.3 is 0 Å². The summed E-state index contributed by atoms with van der Waals surface area (Å²) in [5.41, 5.74) is 9.17. The largest absolute Gasteiger partial charge is 0.357 e. The summed E-state index contributed by atoms with van der Waals surface area (Å²) in [7, 11) is 0. The van der Waals surface area contributed by atoms with Gasteiger partial charge in [0.2, 0.25) is 0 Å². The highest BCUT2D eigenvalue weighted by atomic mass is 32.1. The van der Waals surface area contributed by atoms with Crippen molar-refractivity contribution in [2.45, 2.75) is 45.7 Å². The summed E-state index contributed by atoms with van der Waals surface area (Å²) < 4.78 is 0. The van der Waals surface area contributed by atoms with Crippen molar-refractivity contribution >= 4 is 27.4 Å². The van der Waals surface area contributed by atoms with Crippen LogP contribution < -0.4 is 10.2 Å². The van der Waals surface area contributed by atoms with Crippen LogP contribution in [0.2, 0.25) is 0 Å². The first-order valence-corrected chi connectivity index (χ1v) is 12.0. The molecule has 6 heteroatoms. The molecule has 2 aliphatic heterocycles. The van der Waals surface area contributed by atoms with Crippen molar-refractivity contribution < 1.29 is 0 Å². The number of anilines is 1. The highest BCUT2D eigenvalue weighted by molar-refractivity contribution is 7.15. The number of pyridine rings is 1. The monoisotopic (exact) mass is 429 g/mol. The molecular formula is C25H27N5S.